The van der Waals surface area contributed by atoms with E-state index in [0.29, 0.717) is 11.3 Å². The third-order valence-corrected chi connectivity index (χ3v) is 3.46. The lowest BCUT2D eigenvalue weighted by molar-refractivity contribution is 0.0950. The van der Waals surface area contributed by atoms with Gasteiger partial charge in [-0.05, 0) is 39.0 Å². The molecule has 0 aliphatic carbocycles. The van der Waals surface area contributed by atoms with Gasteiger partial charge in [-0.15, -0.1) is 0 Å². The van der Waals surface area contributed by atoms with Crippen molar-refractivity contribution in [2.45, 2.75) is 20.8 Å². The molecule has 2 rings (SSSR count). The number of carbonyl (C=O) groups is 1. The molecule has 0 radical (unpaired) electrons. The molecule has 0 saturated heterocycles. The van der Waals surface area contributed by atoms with Crippen LogP contribution in [0.15, 0.2) is 29.4 Å². The Balaban J connectivity index is 2.03. The van der Waals surface area contributed by atoms with Crippen LogP contribution in [0.25, 0.3) is 0 Å². The number of H-pyrrole nitrogens is 1. The Morgan fingerprint density at radius 1 is 1.39 bits per heavy atom. The molecule has 0 aliphatic heterocycles. The van der Waals surface area contributed by atoms with Gasteiger partial charge < -0.3 is 10.0 Å². The zero-order valence-corrected chi connectivity index (χ0v) is 13.5. The van der Waals surface area contributed by atoms with Crippen LogP contribution in [-0.4, -0.2) is 40.5 Å². The summed E-state index contributed by atoms with van der Waals surface area (Å²) < 4.78 is 0. The summed E-state index contributed by atoms with van der Waals surface area (Å²) in [5, 5.41) is 20.4. The lowest BCUT2D eigenvalue weighted by atomic mass is 10.2. The third-order valence-electron chi connectivity index (χ3n) is 3.46. The summed E-state index contributed by atoms with van der Waals surface area (Å²) in [5.41, 5.74) is 4.92. The number of amides is 1. The maximum atomic E-state index is 11.8. The molecule has 0 unspecified atom stereocenters. The SMILES string of the molecule is CCN(CC)c1ccc(/C=N/NC(=O)c2cc(C)n[nH]2)c(O)c1. The molecule has 0 saturated carbocycles. The zero-order valence-electron chi connectivity index (χ0n) is 13.5. The number of aromatic nitrogens is 2. The summed E-state index contributed by atoms with van der Waals surface area (Å²) in [4.78, 5) is 13.9. The van der Waals surface area contributed by atoms with Crippen LogP contribution in [0.3, 0.4) is 0 Å². The van der Waals surface area contributed by atoms with E-state index in [1.165, 1.54) is 6.21 Å². The van der Waals surface area contributed by atoms with E-state index >= 15 is 0 Å². The van der Waals surface area contributed by atoms with E-state index < -0.39 is 0 Å². The van der Waals surface area contributed by atoms with Gasteiger partial charge in [0.05, 0.1) is 11.9 Å². The molecule has 1 aromatic heterocycles. The summed E-state index contributed by atoms with van der Waals surface area (Å²) in [5.74, 6) is -0.272. The number of nitrogens with one attached hydrogen (secondary N) is 2. The maximum absolute atomic E-state index is 11.8. The molecular formula is C16H21N5O2. The Morgan fingerprint density at radius 2 is 2.13 bits per heavy atom. The monoisotopic (exact) mass is 315 g/mol. The van der Waals surface area contributed by atoms with Crippen molar-refractivity contribution in [2.24, 2.45) is 5.10 Å². The Hall–Kier alpha value is -2.83. The number of aryl methyl sites for hydroxylation is 1. The average Bonchev–Trinajstić information content (AvgIpc) is 2.97. The van der Waals surface area contributed by atoms with Gasteiger partial charge in [-0.25, -0.2) is 5.43 Å². The summed E-state index contributed by atoms with van der Waals surface area (Å²) in [6, 6.07) is 6.99. The molecule has 7 nitrogen and oxygen atoms in total. The normalized spacial score (nSPS) is 10.9. The van der Waals surface area contributed by atoms with Crippen molar-refractivity contribution >= 4 is 17.8 Å². The molecule has 0 atom stereocenters. The molecule has 3 N–H and O–H groups in total. The molecule has 0 aliphatic rings. The smallest absolute Gasteiger partial charge is 0.289 e. The number of aromatic hydroxyl groups is 1. The fraction of sp³-hybridized carbons (Fsp3) is 0.312. The number of hydrazone groups is 1. The van der Waals surface area contributed by atoms with Crippen LogP contribution >= 0.6 is 0 Å². The number of hydrogen-bond donors (Lipinski definition) is 3. The van der Waals surface area contributed by atoms with Gasteiger partial charge in [-0.1, -0.05) is 0 Å². The predicted molar refractivity (Wildman–Crippen MR) is 90.1 cm³/mol. The standard InChI is InChI=1S/C16H21N5O2/c1-4-21(5-2)13-7-6-12(15(22)9-13)10-17-20-16(23)14-8-11(3)18-19-14/h6-10,22H,4-5H2,1-3H3,(H,18,19)(H,20,23)/b17-10+. The number of benzene rings is 1. The van der Waals surface area contributed by atoms with Gasteiger partial charge in [0.1, 0.15) is 11.4 Å². The number of aromatic amines is 1. The van der Waals surface area contributed by atoms with Crippen molar-refractivity contribution in [1.82, 2.24) is 15.6 Å². The van der Waals surface area contributed by atoms with E-state index in [1.807, 2.05) is 6.07 Å². The second kappa shape index (κ2) is 7.44. The molecule has 122 valence electrons. The Morgan fingerprint density at radius 3 is 2.70 bits per heavy atom. The summed E-state index contributed by atoms with van der Waals surface area (Å²) in [7, 11) is 0. The second-order valence-corrected chi connectivity index (χ2v) is 5.04. The first-order chi connectivity index (χ1) is 11.0. The van der Waals surface area contributed by atoms with E-state index in [0.717, 1.165) is 24.5 Å². The van der Waals surface area contributed by atoms with Crippen molar-refractivity contribution < 1.29 is 9.90 Å². The van der Waals surface area contributed by atoms with Crippen molar-refractivity contribution in [3.05, 3.63) is 41.2 Å². The van der Waals surface area contributed by atoms with Gasteiger partial charge in [-0.2, -0.15) is 10.2 Å². The van der Waals surface area contributed by atoms with Crippen LogP contribution in [-0.2, 0) is 0 Å². The van der Waals surface area contributed by atoms with Gasteiger partial charge in [0.2, 0.25) is 0 Å². The van der Waals surface area contributed by atoms with Crippen LogP contribution < -0.4 is 10.3 Å². The molecule has 1 aromatic carbocycles. The van der Waals surface area contributed by atoms with Crippen molar-refractivity contribution in [3.8, 4) is 5.75 Å². The van der Waals surface area contributed by atoms with Crippen LogP contribution in [0.2, 0.25) is 0 Å². The predicted octanol–water partition coefficient (Wildman–Crippen LogP) is 2.03. The van der Waals surface area contributed by atoms with Gasteiger partial charge >= 0.3 is 0 Å². The van der Waals surface area contributed by atoms with Gasteiger partial charge in [0.15, 0.2) is 0 Å². The number of phenolic OH excluding ortho intramolecular Hbond substituents is 1. The van der Waals surface area contributed by atoms with Crippen LogP contribution in [0.4, 0.5) is 5.69 Å². The number of hydrogen-bond acceptors (Lipinski definition) is 5. The van der Waals surface area contributed by atoms with E-state index in [1.54, 1.807) is 25.1 Å². The van der Waals surface area contributed by atoms with Crippen molar-refractivity contribution in [3.63, 3.8) is 0 Å². The highest BCUT2D eigenvalue weighted by atomic mass is 16.3. The minimum absolute atomic E-state index is 0.116. The molecule has 1 amide bonds. The van der Waals surface area contributed by atoms with E-state index in [2.05, 4.69) is 39.5 Å². The van der Waals surface area contributed by atoms with E-state index in [-0.39, 0.29) is 11.7 Å². The third kappa shape index (κ3) is 4.09. The van der Waals surface area contributed by atoms with E-state index in [9.17, 15) is 9.90 Å². The van der Waals surface area contributed by atoms with Gasteiger partial charge in [-0.3, -0.25) is 9.89 Å². The number of rotatable bonds is 6. The topological polar surface area (TPSA) is 93.6 Å². The Kier molecular flexibility index (Phi) is 5.35. The summed E-state index contributed by atoms with van der Waals surface area (Å²) in [6.45, 7) is 7.63. The number of nitrogens with zero attached hydrogens (tertiary/aromatic N) is 3. The fourth-order valence-electron chi connectivity index (χ4n) is 2.19. The molecule has 1 heterocycles. The second-order valence-electron chi connectivity index (χ2n) is 5.04. The molecule has 0 fully saturated rings. The Labute approximate surface area is 135 Å². The first-order valence-electron chi connectivity index (χ1n) is 7.48. The van der Waals surface area contributed by atoms with E-state index in [4.69, 9.17) is 0 Å². The van der Waals surface area contributed by atoms with Crippen LogP contribution in [0.5, 0.6) is 5.75 Å². The number of carbonyl (C=O) groups excluding carboxylic acids is 1. The zero-order chi connectivity index (χ0) is 16.8. The lowest BCUT2D eigenvalue weighted by Crippen LogP contribution is -2.21. The van der Waals surface area contributed by atoms with Crippen molar-refractivity contribution in [1.29, 1.82) is 0 Å². The quantitative estimate of drug-likeness (QED) is 0.561. The minimum Gasteiger partial charge on any atom is -0.507 e. The fourth-order valence-corrected chi connectivity index (χ4v) is 2.19. The first-order valence-corrected chi connectivity index (χ1v) is 7.48. The number of phenols is 1. The number of anilines is 1. The summed E-state index contributed by atoms with van der Waals surface area (Å²) in [6.07, 6.45) is 1.41. The molecular weight excluding hydrogens is 294 g/mol. The molecule has 2 aromatic rings. The van der Waals surface area contributed by atoms with Crippen molar-refractivity contribution in [2.75, 3.05) is 18.0 Å². The minimum atomic E-state index is -0.388. The van der Waals surface area contributed by atoms with Crippen LogP contribution in [0, 0.1) is 6.92 Å². The summed E-state index contributed by atoms with van der Waals surface area (Å²) >= 11 is 0. The molecule has 0 bridgehead atoms. The highest BCUT2D eigenvalue weighted by Crippen LogP contribution is 2.23. The molecule has 7 heteroatoms. The largest absolute Gasteiger partial charge is 0.507 e. The van der Waals surface area contributed by atoms with Gasteiger partial charge in [0, 0.05) is 30.4 Å². The highest BCUT2D eigenvalue weighted by Gasteiger charge is 2.08. The maximum Gasteiger partial charge on any atom is 0.289 e. The molecule has 23 heavy (non-hydrogen) atoms. The Bertz CT molecular complexity index is 704. The van der Waals surface area contributed by atoms with Gasteiger partial charge in [0.25, 0.3) is 5.91 Å². The lowest BCUT2D eigenvalue weighted by Gasteiger charge is -2.21. The van der Waals surface area contributed by atoms with Crippen LogP contribution in [0.1, 0.15) is 35.6 Å². The average molecular weight is 315 g/mol. The first kappa shape index (κ1) is 16.5. The highest BCUT2D eigenvalue weighted by molar-refractivity contribution is 5.93. The molecule has 0 spiro atoms.